The molecule has 0 N–H and O–H groups in total. The highest BCUT2D eigenvalue weighted by Gasteiger charge is 1.99. The summed E-state index contributed by atoms with van der Waals surface area (Å²) in [5, 5.41) is 0. The first-order valence-corrected chi connectivity index (χ1v) is 2.89. The molecule has 0 spiro atoms. The lowest BCUT2D eigenvalue weighted by molar-refractivity contribution is -0.154. The Morgan fingerprint density at radius 2 is 1.70 bits per heavy atom. The zero-order valence-corrected chi connectivity index (χ0v) is 6.30. The zero-order valence-electron chi connectivity index (χ0n) is 6.30. The predicted molar refractivity (Wildman–Crippen MR) is 36.2 cm³/mol. The van der Waals surface area contributed by atoms with Gasteiger partial charge in [0.25, 0.3) is 0 Å². The first-order valence-electron chi connectivity index (χ1n) is 2.89. The molecule has 0 atom stereocenters. The summed E-state index contributed by atoms with van der Waals surface area (Å²) >= 11 is 0. The lowest BCUT2D eigenvalue weighted by Crippen LogP contribution is -2.05. The molecule has 0 aromatic heterocycles. The van der Waals surface area contributed by atoms with Crippen molar-refractivity contribution in [2.75, 3.05) is 0 Å². The highest BCUT2D eigenvalue weighted by molar-refractivity contribution is 5.91. The molecule has 0 saturated heterocycles. The smallest absolute Gasteiger partial charge is 0.338 e. The molecular formula is C7H10O3. The fourth-order valence-electron chi connectivity index (χ4n) is 0.407. The Hall–Kier alpha value is -1.12. The van der Waals surface area contributed by atoms with Gasteiger partial charge in [0.1, 0.15) is 0 Å². The van der Waals surface area contributed by atoms with Crippen molar-refractivity contribution >= 4 is 11.9 Å². The third-order valence-electron chi connectivity index (χ3n) is 0.651. The van der Waals surface area contributed by atoms with Crippen LogP contribution in [0.4, 0.5) is 0 Å². The summed E-state index contributed by atoms with van der Waals surface area (Å²) in [5.41, 5.74) is 0.811. The topological polar surface area (TPSA) is 43.4 Å². The van der Waals surface area contributed by atoms with Crippen LogP contribution in [0, 0.1) is 0 Å². The van der Waals surface area contributed by atoms with Crippen LogP contribution in [0.3, 0.4) is 0 Å². The molecule has 10 heavy (non-hydrogen) atoms. The Bertz CT molecular complexity index is 175. The van der Waals surface area contributed by atoms with Crippen LogP contribution in [-0.4, -0.2) is 11.9 Å². The van der Waals surface area contributed by atoms with E-state index in [9.17, 15) is 9.59 Å². The van der Waals surface area contributed by atoms with Gasteiger partial charge in [-0.2, -0.15) is 0 Å². The van der Waals surface area contributed by atoms with Crippen LogP contribution in [0.1, 0.15) is 20.8 Å². The van der Waals surface area contributed by atoms with E-state index in [0.717, 1.165) is 5.57 Å². The predicted octanol–water partition coefficient (Wildman–Crippen LogP) is 1.04. The van der Waals surface area contributed by atoms with Crippen molar-refractivity contribution < 1.29 is 14.3 Å². The number of carbonyl (C=O) groups excluding carboxylic acids is 2. The van der Waals surface area contributed by atoms with E-state index in [0.29, 0.717) is 0 Å². The zero-order chi connectivity index (χ0) is 8.15. The van der Waals surface area contributed by atoms with E-state index in [1.165, 1.54) is 13.0 Å². The molecule has 0 saturated carbocycles. The van der Waals surface area contributed by atoms with Crippen LogP contribution in [0.15, 0.2) is 11.6 Å². The van der Waals surface area contributed by atoms with Crippen LogP contribution in [0.2, 0.25) is 0 Å². The van der Waals surface area contributed by atoms with Crippen molar-refractivity contribution in [2.24, 2.45) is 0 Å². The average molecular weight is 142 g/mol. The number of esters is 2. The summed E-state index contributed by atoms with van der Waals surface area (Å²) in [5.74, 6) is -1.19. The molecule has 0 fully saturated rings. The van der Waals surface area contributed by atoms with Crippen LogP contribution >= 0.6 is 0 Å². The maximum absolute atomic E-state index is 10.5. The largest absolute Gasteiger partial charge is 0.390 e. The molecule has 3 nitrogen and oxygen atoms in total. The molecule has 0 amide bonds. The molecule has 0 radical (unpaired) electrons. The van der Waals surface area contributed by atoms with Gasteiger partial charge < -0.3 is 4.74 Å². The molecule has 0 aromatic carbocycles. The van der Waals surface area contributed by atoms with E-state index in [1.807, 2.05) is 0 Å². The Kier molecular flexibility index (Phi) is 3.39. The molecule has 56 valence electrons. The lowest BCUT2D eigenvalue weighted by atomic mass is 10.3. The second-order valence-electron chi connectivity index (χ2n) is 2.13. The summed E-state index contributed by atoms with van der Waals surface area (Å²) in [6, 6.07) is 0. The number of allylic oxidation sites excluding steroid dienone is 1. The standard InChI is InChI=1S/C7H10O3/c1-5(2)4-7(9)10-6(3)8/h4H,1-3H3. The van der Waals surface area contributed by atoms with Crippen molar-refractivity contribution in [1.29, 1.82) is 0 Å². The average Bonchev–Trinajstić information content (AvgIpc) is 1.58. The van der Waals surface area contributed by atoms with Gasteiger partial charge in [-0.05, 0) is 13.8 Å². The highest BCUT2D eigenvalue weighted by Crippen LogP contribution is 1.90. The quantitative estimate of drug-likeness (QED) is 0.312. The van der Waals surface area contributed by atoms with Crippen molar-refractivity contribution in [3.8, 4) is 0 Å². The second kappa shape index (κ2) is 3.82. The number of hydrogen-bond acceptors (Lipinski definition) is 3. The molecule has 0 aliphatic heterocycles. The summed E-state index contributed by atoms with van der Waals surface area (Å²) < 4.78 is 4.21. The molecular weight excluding hydrogens is 132 g/mol. The molecule has 0 rings (SSSR count). The molecule has 0 aliphatic rings. The molecule has 0 heterocycles. The maximum Gasteiger partial charge on any atom is 0.338 e. The Labute approximate surface area is 59.7 Å². The normalized spacial score (nSPS) is 8.30. The summed E-state index contributed by atoms with van der Waals surface area (Å²) in [6.45, 7) is 4.69. The SMILES string of the molecule is CC(=O)OC(=O)C=C(C)C. The second-order valence-corrected chi connectivity index (χ2v) is 2.13. The van der Waals surface area contributed by atoms with Gasteiger partial charge >= 0.3 is 11.9 Å². The Morgan fingerprint density at radius 3 is 2.00 bits per heavy atom. The van der Waals surface area contributed by atoms with Gasteiger partial charge in [-0.15, -0.1) is 0 Å². The van der Waals surface area contributed by atoms with E-state index in [4.69, 9.17) is 0 Å². The molecule has 3 heteroatoms. The third kappa shape index (κ3) is 5.03. The molecule has 0 unspecified atom stereocenters. The van der Waals surface area contributed by atoms with Crippen molar-refractivity contribution in [2.45, 2.75) is 20.8 Å². The molecule has 0 aromatic rings. The number of ether oxygens (including phenoxy) is 1. The van der Waals surface area contributed by atoms with Crippen molar-refractivity contribution in [1.82, 2.24) is 0 Å². The van der Waals surface area contributed by atoms with Crippen molar-refractivity contribution in [3.05, 3.63) is 11.6 Å². The lowest BCUT2D eigenvalue weighted by Gasteiger charge is -1.92. The van der Waals surface area contributed by atoms with Gasteiger partial charge in [0.15, 0.2) is 0 Å². The highest BCUT2D eigenvalue weighted by atomic mass is 16.6. The van der Waals surface area contributed by atoms with Crippen LogP contribution < -0.4 is 0 Å². The maximum atomic E-state index is 10.5. The van der Waals surface area contributed by atoms with Gasteiger partial charge in [0.05, 0.1) is 0 Å². The van der Waals surface area contributed by atoms with Gasteiger partial charge in [-0.25, -0.2) is 4.79 Å². The van der Waals surface area contributed by atoms with Crippen LogP contribution in [-0.2, 0) is 14.3 Å². The number of rotatable bonds is 1. The first-order chi connectivity index (χ1) is 4.52. The fourth-order valence-corrected chi connectivity index (χ4v) is 0.407. The minimum atomic E-state index is -0.604. The monoisotopic (exact) mass is 142 g/mol. The van der Waals surface area contributed by atoms with E-state index in [1.54, 1.807) is 13.8 Å². The third-order valence-corrected chi connectivity index (χ3v) is 0.651. The minimum absolute atomic E-state index is 0.581. The molecule has 0 aliphatic carbocycles. The first kappa shape index (κ1) is 8.88. The van der Waals surface area contributed by atoms with Crippen LogP contribution in [0.5, 0.6) is 0 Å². The minimum Gasteiger partial charge on any atom is -0.390 e. The van der Waals surface area contributed by atoms with Crippen molar-refractivity contribution in [3.63, 3.8) is 0 Å². The fraction of sp³-hybridized carbons (Fsp3) is 0.429. The van der Waals surface area contributed by atoms with Gasteiger partial charge in [-0.3, -0.25) is 4.79 Å². The number of carbonyl (C=O) groups is 2. The summed E-state index contributed by atoms with van der Waals surface area (Å²) in [4.78, 5) is 20.7. The molecule has 0 bridgehead atoms. The van der Waals surface area contributed by atoms with Gasteiger partial charge in [0.2, 0.25) is 0 Å². The van der Waals surface area contributed by atoms with E-state index in [2.05, 4.69) is 4.74 Å². The summed E-state index contributed by atoms with van der Waals surface area (Å²) in [6.07, 6.45) is 1.27. The van der Waals surface area contributed by atoms with Gasteiger partial charge in [0, 0.05) is 13.0 Å². The van der Waals surface area contributed by atoms with Crippen LogP contribution in [0.25, 0.3) is 0 Å². The van der Waals surface area contributed by atoms with E-state index < -0.39 is 11.9 Å². The Morgan fingerprint density at radius 1 is 1.20 bits per heavy atom. The Balaban J connectivity index is 3.88. The van der Waals surface area contributed by atoms with E-state index in [-0.39, 0.29) is 0 Å². The van der Waals surface area contributed by atoms with E-state index >= 15 is 0 Å². The number of hydrogen-bond donors (Lipinski definition) is 0. The van der Waals surface area contributed by atoms with Gasteiger partial charge in [-0.1, -0.05) is 5.57 Å². The summed E-state index contributed by atoms with van der Waals surface area (Å²) in [7, 11) is 0.